The molecule has 2 unspecified atom stereocenters. The zero-order chi connectivity index (χ0) is 30.0. The second kappa shape index (κ2) is 10.9. The summed E-state index contributed by atoms with van der Waals surface area (Å²) in [6.07, 6.45) is 6.52. The van der Waals surface area contributed by atoms with E-state index in [0.29, 0.717) is 59.3 Å². The molecule has 230 valence electrons. The van der Waals surface area contributed by atoms with E-state index in [1.807, 2.05) is 6.07 Å². The van der Waals surface area contributed by atoms with Crippen LogP contribution >= 0.6 is 11.6 Å². The van der Waals surface area contributed by atoms with Crippen molar-refractivity contribution in [3.05, 3.63) is 45.3 Å². The topological polar surface area (TPSA) is 83.7 Å². The lowest BCUT2D eigenvalue weighted by molar-refractivity contribution is 0.111. The van der Waals surface area contributed by atoms with Crippen molar-refractivity contribution in [2.75, 3.05) is 37.7 Å². The first-order valence-electron chi connectivity index (χ1n) is 15.8. The minimum Gasteiger partial charge on any atom is -0.508 e. The molecule has 3 aromatic rings. The van der Waals surface area contributed by atoms with Gasteiger partial charge in [-0.3, -0.25) is 9.69 Å². The lowest BCUT2D eigenvalue weighted by atomic mass is 9.95. The minimum atomic E-state index is -0.847. The van der Waals surface area contributed by atoms with Crippen LogP contribution in [0.15, 0.2) is 29.2 Å². The van der Waals surface area contributed by atoms with Gasteiger partial charge in [0.1, 0.15) is 24.0 Å². The van der Waals surface area contributed by atoms with Gasteiger partial charge >= 0.3 is 0 Å². The largest absolute Gasteiger partial charge is 0.508 e. The smallest absolute Gasteiger partial charge is 0.298 e. The molecule has 5 heterocycles. The number of phenols is 1. The van der Waals surface area contributed by atoms with Crippen molar-refractivity contribution >= 4 is 28.2 Å². The zero-order valence-electron chi connectivity index (χ0n) is 25.2. The van der Waals surface area contributed by atoms with Gasteiger partial charge < -0.3 is 14.7 Å². The van der Waals surface area contributed by atoms with Gasteiger partial charge in [-0.25, -0.2) is 9.37 Å². The maximum absolute atomic E-state index is 14.5. The summed E-state index contributed by atoms with van der Waals surface area (Å²) < 4.78 is 22.2. The summed E-state index contributed by atoms with van der Waals surface area (Å²) in [7, 11) is 0. The van der Waals surface area contributed by atoms with Gasteiger partial charge in [0.25, 0.3) is 5.56 Å². The first-order valence-corrected chi connectivity index (χ1v) is 16.2. The number of ether oxygens (including phenoxy) is 1. The molecule has 1 aromatic carbocycles. The molecule has 6 atom stereocenters. The van der Waals surface area contributed by atoms with Gasteiger partial charge in [0.05, 0.1) is 23.1 Å². The van der Waals surface area contributed by atoms with Crippen LogP contribution in [-0.2, 0) is 0 Å². The number of halogens is 2. The maximum atomic E-state index is 14.5. The number of pyridine rings is 1. The first kappa shape index (κ1) is 28.8. The number of hydrogen-bond donors (Lipinski definition) is 1. The van der Waals surface area contributed by atoms with Crippen molar-refractivity contribution in [1.29, 1.82) is 0 Å². The van der Waals surface area contributed by atoms with Crippen LogP contribution in [-0.4, -0.2) is 69.3 Å². The van der Waals surface area contributed by atoms with E-state index in [2.05, 4.69) is 35.7 Å². The number of aromatic nitrogens is 3. The first-order chi connectivity index (χ1) is 20.6. The minimum absolute atomic E-state index is 0.0211. The molecule has 0 bridgehead atoms. The van der Waals surface area contributed by atoms with Gasteiger partial charge in [0.15, 0.2) is 0 Å². The highest BCUT2D eigenvalue weighted by atomic mass is 35.5. The van der Waals surface area contributed by atoms with Gasteiger partial charge in [-0.2, -0.15) is 9.78 Å². The fourth-order valence-electron chi connectivity index (χ4n) is 7.87. The third-order valence-electron chi connectivity index (χ3n) is 10.3. The average molecular weight is 610 g/mol. The summed E-state index contributed by atoms with van der Waals surface area (Å²) in [5, 5.41) is 16.2. The number of alkyl halides is 1. The van der Waals surface area contributed by atoms with E-state index in [0.717, 1.165) is 63.0 Å². The molecule has 1 N–H and O–H groups in total. The fourth-order valence-corrected chi connectivity index (χ4v) is 8.22. The number of aromatic hydroxyl groups is 1. The summed E-state index contributed by atoms with van der Waals surface area (Å²) in [4.78, 5) is 23.6. The molecule has 2 aromatic heterocycles. The molecule has 0 amide bonds. The lowest BCUT2D eigenvalue weighted by Gasteiger charge is -2.31. The van der Waals surface area contributed by atoms with Gasteiger partial charge in [-0.05, 0) is 68.4 Å². The quantitative estimate of drug-likeness (QED) is 0.362. The predicted molar refractivity (Wildman–Crippen MR) is 167 cm³/mol. The summed E-state index contributed by atoms with van der Waals surface area (Å²) >= 11 is 6.63. The highest BCUT2D eigenvalue weighted by Crippen LogP contribution is 2.51. The fraction of sp³-hybridized carbons (Fsp3) is 0.606. The third-order valence-corrected chi connectivity index (χ3v) is 10.6. The Labute approximate surface area is 256 Å². The maximum Gasteiger partial charge on any atom is 0.298 e. The molecule has 1 saturated carbocycles. The Morgan fingerprint density at radius 1 is 1.12 bits per heavy atom. The number of benzene rings is 1. The summed E-state index contributed by atoms with van der Waals surface area (Å²) in [5.74, 6) is 1.97. The van der Waals surface area contributed by atoms with Crippen molar-refractivity contribution in [3.8, 4) is 17.3 Å². The second-order valence-corrected chi connectivity index (χ2v) is 14.2. The van der Waals surface area contributed by atoms with Crippen molar-refractivity contribution < 1.29 is 14.2 Å². The Hall–Kier alpha value is -2.91. The monoisotopic (exact) mass is 609 g/mol. The van der Waals surface area contributed by atoms with Crippen LogP contribution < -0.4 is 15.2 Å². The van der Waals surface area contributed by atoms with Crippen molar-refractivity contribution in [2.24, 2.45) is 17.8 Å². The van der Waals surface area contributed by atoms with Gasteiger partial charge in [-0.1, -0.05) is 32.4 Å². The molecule has 3 saturated heterocycles. The zero-order valence-corrected chi connectivity index (χ0v) is 26.0. The van der Waals surface area contributed by atoms with E-state index in [4.69, 9.17) is 21.3 Å². The highest BCUT2D eigenvalue weighted by Gasteiger charge is 2.49. The normalized spacial score (nSPS) is 30.9. The van der Waals surface area contributed by atoms with Gasteiger partial charge in [0, 0.05) is 54.2 Å². The predicted octanol–water partition coefficient (Wildman–Crippen LogP) is 6.09. The highest BCUT2D eigenvalue weighted by molar-refractivity contribution is 6.32. The van der Waals surface area contributed by atoms with Crippen LogP contribution in [0, 0.1) is 17.8 Å². The summed E-state index contributed by atoms with van der Waals surface area (Å²) in [6, 6.07) is 5.03. The van der Waals surface area contributed by atoms with E-state index in [1.54, 1.807) is 12.3 Å². The number of fused-ring (bicyclic) bond motifs is 2. The van der Waals surface area contributed by atoms with Crippen LogP contribution in [0.4, 0.5) is 10.1 Å². The van der Waals surface area contributed by atoms with Crippen LogP contribution in [0.1, 0.15) is 70.8 Å². The molecular weight excluding hydrogens is 569 g/mol. The molecule has 8 nitrogen and oxygen atoms in total. The van der Waals surface area contributed by atoms with Crippen molar-refractivity contribution in [3.63, 3.8) is 0 Å². The van der Waals surface area contributed by atoms with Crippen molar-refractivity contribution in [1.82, 2.24) is 19.7 Å². The van der Waals surface area contributed by atoms with E-state index >= 15 is 0 Å². The van der Waals surface area contributed by atoms with Crippen LogP contribution in [0.5, 0.6) is 11.6 Å². The second-order valence-electron chi connectivity index (χ2n) is 13.8. The SMILES string of the molecule is CC1CCC(C)CN(c2cc(OC[C@@]34CCCN3C[C@H](F)C4)nc3c(=O)n(-c4cc(O)cc(Cl)c4[C@@H]4C[C@H]4C)ncc23)C1. The lowest BCUT2D eigenvalue weighted by Crippen LogP contribution is -2.43. The molecule has 10 heteroatoms. The van der Waals surface area contributed by atoms with Gasteiger partial charge in [-0.15, -0.1) is 0 Å². The molecule has 0 spiro atoms. The van der Waals surface area contributed by atoms with Crippen LogP contribution in [0.3, 0.4) is 0 Å². The molecule has 1 aliphatic carbocycles. The Morgan fingerprint density at radius 2 is 1.86 bits per heavy atom. The van der Waals surface area contributed by atoms with E-state index in [-0.39, 0.29) is 28.3 Å². The number of hydrogen-bond acceptors (Lipinski definition) is 7. The third kappa shape index (κ3) is 5.26. The molecule has 3 aliphatic heterocycles. The number of anilines is 1. The molecule has 0 radical (unpaired) electrons. The van der Waals surface area contributed by atoms with Crippen molar-refractivity contribution in [2.45, 2.75) is 76.9 Å². The van der Waals surface area contributed by atoms with Gasteiger partial charge in [0.2, 0.25) is 5.88 Å². The molecule has 4 fully saturated rings. The number of rotatable bonds is 6. The molecule has 43 heavy (non-hydrogen) atoms. The molecular formula is C33H41ClFN5O3. The van der Waals surface area contributed by atoms with E-state index in [1.165, 1.54) is 10.7 Å². The Balaban J connectivity index is 1.35. The summed E-state index contributed by atoms with van der Waals surface area (Å²) in [5.41, 5.74) is 1.75. The van der Waals surface area contributed by atoms with Crippen LogP contribution in [0.2, 0.25) is 5.02 Å². The molecule has 7 rings (SSSR count). The Bertz CT molecular complexity index is 1600. The number of nitrogens with zero attached hydrogens (tertiary/aromatic N) is 5. The number of phenolic OH excluding ortho intramolecular Hbond substituents is 1. The summed E-state index contributed by atoms with van der Waals surface area (Å²) in [6.45, 7) is 10.1. The van der Waals surface area contributed by atoms with E-state index < -0.39 is 6.17 Å². The molecule has 4 aliphatic rings. The van der Waals surface area contributed by atoms with Crippen LogP contribution in [0.25, 0.3) is 16.6 Å². The average Bonchev–Trinajstić information content (AvgIpc) is 3.47. The van der Waals surface area contributed by atoms with E-state index in [9.17, 15) is 14.3 Å². The Morgan fingerprint density at radius 3 is 2.58 bits per heavy atom. The Kier molecular flexibility index (Phi) is 7.32. The standard InChI is InChI=1S/C33H41ClFN5O3/c1-19-5-6-20(2)16-38(15-19)27-12-29(43-18-33-7-4-8-39(33)17-22(35)13-33)37-31-25(27)14-36-40(32(31)42)28-11-23(41)10-26(34)30(28)24-9-21(24)3/h10-12,14,19-22,24,41H,4-9,13,15-18H2,1-3H3/t19?,20?,21-,22-,24-,33+/m1/s1.